The van der Waals surface area contributed by atoms with Crippen molar-refractivity contribution in [3.05, 3.63) is 58.1 Å². The summed E-state index contributed by atoms with van der Waals surface area (Å²) in [5, 5.41) is 11.3. The van der Waals surface area contributed by atoms with Gasteiger partial charge in [-0.15, -0.1) is 0 Å². The van der Waals surface area contributed by atoms with E-state index in [0.29, 0.717) is 21.5 Å². The highest BCUT2D eigenvalue weighted by Gasteiger charge is 2.13. The first-order chi connectivity index (χ1) is 9.16. The van der Waals surface area contributed by atoms with E-state index in [0.717, 1.165) is 0 Å². The summed E-state index contributed by atoms with van der Waals surface area (Å²) in [6.45, 7) is 0. The minimum atomic E-state index is -0.363. The quantitative estimate of drug-likeness (QED) is 0.716. The first-order valence-corrected chi connectivity index (χ1v) is 5.99. The lowest BCUT2D eigenvalue weighted by molar-refractivity contribution is 0.482. The van der Waals surface area contributed by atoms with Gasteiger partial charge in [-0.05, 0) is 35.9 Å². The zero-order valence-electron chi connectivity index (χ0n) is 9.72. The normalized spacial score (nSPS) is 10.8. The summed E-state index contributed by atoms with van der Waals surface area (Å²) in [5.74, 6) is -0.0541. The third-order valence-electron chi connectivity index (χ3n) is 2.92. The van der Waals surface area contributed by atoms with Gasteiger partial charge in [0.1, 0.15) is 5.75 Å². The molecular weight excluding hydrogens is 264 g/mol. The lowest BCUT2D eigenvalue weighted by atomic mass is 10.0. The van der Waals surface area contributed by atoms with E-state index in [-0.39, 0.29) is 16.9 Å². The van der Waals surface area contributed by atoms with Crippen molar-refractivity contribution in [1.29, 1.82) is 0 Å². The number of hydrogen-bond acceptors (Lipinski definition) is 3. The summed E-state index contributed by atoms with van der Waals surface area (Å²) in [6.07, 6.45) is 3.14. The molecule has 3 aromatic rings. The fourth-order valence-electron chi connectivity index (χ4n) is 2.04. The minimum absolute atomic E-state index is 0.0541. The molecule has 19 heavy (non-hydrogen) atoms. The fourth-order valence-corrected chi connectivity index (χ4v) is 2.21. The van der Waals surface area contributed by atoms with Crippen molar-refractivity contribution < 1.29 is 5.11 Å². The predicted molar refractivity (Wildman–Crippen MR) is 74.5 cm³/mol. The number of nitrogens with zero attached hydrogens (tertiary/aromatic N) is 1. The molecule has 0 aliphatic rings. The van der Waals surface area contributed by atoms with Gasteiger partial charge >= 0.3 is 0 Å². The molecule has 0 atom stereocenters. The molecule has 0 saturated heterocycles. The van der Waals surface area contributed by atoms with Crippen molar-refractivity contribution in [2.45, 2.75) is 0 Å². The van der Waals surface area contributed by atoms with Crippen LogP contribution in [0.5, 0.6) is 5.75 Å². The summed E-state index contributed by atoms with van der Waals surface area (Å²) in [5.41, 5.74) is 0.995. The van der Waals surface area contributed by atoms with Gasteiger partial charge in [0.05, 0.1) is 11.1 Å². The number of nitrogens with one attached hydrogen (secondary N) is 1. The molecule has 0 aliphatic carbocycles. The zero-order chi connectivity index (χ0) is 13.4. The van der Waals surface area contributed by atoms with Gasteiger partial charge in [-0.3, -0.25) is 9.78 Å². The van der Waals surface area contributed by atoms with E-state index in [2.05, 4.69) is 9.97 Å². The average molecular weight is 273 g/mol. The highest BCUT2D eigenvalue weighted by molar-refractivity contribution is 6.31. The summed E-state index contributed by atoms with van der Waals surface area (Å²) in [7, 11) is 0. The van der Waals surface area contributed by atoms with E-state index in [1.54, 1.807) is 42.7 Å². The fraction of sp³-hybridized carbons (Fsp3) is 0. The Labute approximate surface area is 113 Å². The number of rotatable bonds is 1. The van der Waals surface area contributed by atoms with Crippen LogP contribution in [0.1, 0.15) is 0 Å². The van der Waals surface area contributed by atoms with Gasteiger partial charge in [-0.1, -0.05) is 11.6 Å². The van der Waals surface area contributed by atoms with Crippen LogP contribution < -0.4 is 5.56 Å². The van der Waals surface area contributed by atoms with Crippen LogP contribution in [-0.2, 0) is 0 Å². The van der Waals surface area contributed by atoms with Crippen molar-refractivity contribution in [1.82, 2.24) is 9.97 Å². The number of aromatic hydroxyl groups is 1. The number of aromatic nitrogens is 2. The highest BCUT2D eigenvalue weighted by atomic mass is 35.5. The van der Waals surface area contributed by atoms with Gasteiger partial charge < -0.3 is 10.1 Å². The van der Waals surface area contributed by atoms with Gasteiger partial charge in [-0.25, -0.2) is 0 Å². The number of halogens is 1. The minimum Gasteiger partial charge on any atom is -0.506 e. The third-order valence-corrected chi connectivity index (χ3v) is 3.15. The lowest BCUT2D eigenvalue weighted by Gasteiger charge is -2.07. The first-order valence-electron chi connectivity index (χ1n) is 5.62. The first kappa shape index (κ1) is 11.7. The second-order valence-corrected chi connectivity index (χ2v) is 4.54. The number of benzene rings is 1. The van der Waals surface area contributed by atoms with Crippen LogP contribution in [0, 0.1) is 0 Å². The molecule has 5 heteroatoms. The molecule has 0 fully saturated rings. The van der Waals surface area contributed by atoms with E-state index in [9.17, 15) is 9.90 Å². The summed E-state index contributed by atoms with van der Waals surface area (Å²) in [4.78, 5) is 18.7. The number of aromatic amines is 1. The number of H-pyrrole nitrogens is 1. The molecule has 0 unspecified atom stereocenters. The lowest BCUT2D eigenvalue weighted by Crippen LogP contribution is -2.09. The van der Waals surface area contributed by atoms with Gasteiger partial charge in [0.15, 0.2) is 0 Å². The molecule has 0 spiro atoms. The van der Waals surface area contributed by atoms with Gasteiger partial charge in [0.25, 0.3) is 5.56 Å². The SMILES string of the molecule is O=c1[nH]c2cc(Cl)ccc2c(O)c1-c1ccncc1. The Bertz CT molecular complexity index is 813. The van der Waals surface area contributed by atoms with Crippen LogP contribution in [0.25, 0.3) is 22.0 Å². The molecule has 0 amide bonds. The van der Waals surface area contributed by atoms with Crippen molar-refractivity contribution in [2.24, 2.45) is 0 Å². The van der Waals surface area contributed by atoms with Crippen LogP contribution in [0.15, 0.2) is 47.5 Å². The van der Waals surface area contributed by atoms with E-state index in [1.165, 1.54) is 0 Å². The number of fused-ring (bicyclic) bond motifs is 1. The summed E-state index contributed by atoms with van der Waals surface area (Å²) >= 11 is 5.87. The average Bonchev–Trinajstić information content (AvgIpc) is 2.39. The van der Waals surface area contributed by atoms with Gasteiger partial charge in [-0.2, -0.15) is 0 Å². The van der Waals surface area contributed by atoms with Crippen molar-refractivity contribution in [2.75, 3.05) is 0 Å². The highest BCUT2D eigenvalue weighted by Crippen LogP contribution is 2.32. The molecule has 4 nitrogen and oxygen atoms in total. The van der Waals surface area contributed by atoms with Crippen LogP contribution >= 0.6 is 11.6 Å². The monoisotopic (exact) mass is 272 g/mol. The Morgan fingerprint density at radius 2 is 1.89 bits per heavy atom. The summed E-state index contributed by atoms with van der Waals surface area (Å²) < 4.78 is 0. The number of pyridine rings is 2. The maximum atomic E-state index is 12.1. The summed E-state index contributed by atoms with van der Waals surface area (Å²) in [6, 6.07) is 8.29. The molecule has 0 aliphatic heterocycles. The van der Waals surface area contributed by atoms with Crippen LogP contribution in [0.2, 0.25) is 5.02 Å². The second kappa shape index (κ2) is 4.40. The molecule has 0 bridgehead atoms. The molecule has 2 aromatic heterocycles. The maximum Gasteiger partial charge on any atom is 0.260 e. The predicted octanol–water partition coefficient (Wildman–Crippen LogP) is 2.95. The molecule has 1 aromatic carbocycles. The second-order valence-electron chi connectivity index (χ2n) is 4.10. The Morgan fingerprint density at radius 1 is 1.16 bits per heavy atom. The molecule has 2 N–H and O–H groups in total. The van der Waals surface area contributed by atoms with E-state index >= 15 is 0 Å². The van der Waals surface area contributed by atoms with Gasteiger partial charge in [0.2, 0.25) is 0 Å². The maximum absolute atomic E-state index is 12.1. The molecule has 3 rings (SSSR count). The Hall–Kier alpha value is -2.33. The Morgan fingerprint density at radius 3 is 2.63 bits per heavy atom. The topological polar surface area (TPSA) is 66.0 Å². The van der Waals surface area contributed by atoms with Crippen molar-refractivity contribution in [3.8, 4) is 16.9 Å². The standard InChI is InChI=1S/C14H9ClN2O2/c15-9-1-2-10-11(7-9)17-14(19)12(13(10)18)8-3-5-16-6-4-8/h1-7H,(H2,17,18,19). The Balaban J connectivity index is 2.39. The molecule has 0 radical (unpaired) electrons. The van der Waals surface area contributed by atoms with Crippen LogP contribution in [0.3, 0.4) is 0 Å². The Kier molecular flexibility index (Phi) is 2.72. The molecular formula is C14H9ClN2O2. The van der Waals surface area contributed by atoms with E-state index < -0.39 is 0 Å². The smallest absolute Gasteiger partial charge is 0.260 e. The largest absolute Gasteiger partial charge is 0.506 e. The van der Waals surface area contributed by atoms with Crippen molar-refractivity contribution in [3.63, 3.8) is 0 Å². The molecule has 94 valence electrons. The third kappa shape index (κ3) is 1.96. The van der Waals surface area contributed by atoms with Crippen LogP contribution in [0.4, 0.5) is 0 Å². The molecule has 2 heterocycles. The van der Waals surface area contributed by atoms with Crippen molar-refractivity contribution >= 4 is 22.5 Å². The molecule has 0 saturated carbocycles. The van der Waals surface area contributed by atoms with Crippen LogP contribution in [-0.4, -0.2) is 15.1 Å². The number of hydrogen-bond donors (Lipinski definition) is 2. The van der Waals surface area contributed by atoms with Gasteiger partial charge in [0, 0.05) is 22.8 Å². The van der Waals surface area contributed by atoms with E-state index in [1.807, 2.05) is 0 Å². The zero-order valence-corrected chi connectivity index (χ0v) is 10.5. The van der Waals surface area contributed by atoms with E-state index in [4.69, 9.17) is 11.6 Å².